The second kappa shape index (κ2) is 8.75. The van der Waals surface area contributed by atoms with Gasteiger partial charge in [-0.05, 0) is 48.2 Å². The average Bonchev–Trinajstić information content (AvgIpc) is 2.59. The van der Waals surface area contributed by atoms with E-state index >= 15 is 0 Å². The van der Waals surface area contributed by atoms with Crippen molar-refractivity contribution in [1.82, 2.24) is 0 Å². The van der Waals surface area contributed by atoms with Crippen LogP contribution in [0.15, 0.2) is 42.5 Å². The lowest BCUT2D eigenvalue weighted by atomic mass is 9.93. The number of halogens is 4. The van der Waals surface area contributed by atoms with Gasteiger partial charge in [-0.25, -0.2) is 4.39 Å². The SMILES string of the molecule is CCC(CC(=O)O)c1ccc(OCc2cc(OC(F)(F)F)ccc2F)cc1. The first-order valence-corrected chi connectivity index (χ1v) is 8.16. The van der Waals surface area contributed by atoms with Crippen molar-refractivity contribution in [2.75, 3.05) is 0 Å². The first kappa shape index (κ1) is 20.5. The minimum absolute atomic E-state index is 0.00785. The first-order valence-electron chi connectivity index (χ1n) is 8.16. The molecule has 146 valence electrons. The number of rotatable bonds is 8. The van der Waals surface area contributed by atoms with E-state index in [-0.39, 0.29) is 24.5 Å². The minimum atomic E-state index is -4.86. The number of carboxylic acid groups (broad SMARTS) is 1. The number of carboxylic acids is 1. The van der Waals surface area contributed by atoms with Gasteiger partial charge in [0.25, 0.3) is 0 Å². The quantitative estimate of drug-likeness (QED) is 0.628. The van der Waals surface area contributed by atoms with E-state index in [1.54, 1.807) is 24.3 Å². The van der Waals surface area contributed by atoms with E-state index in [2.05, 4.69) is 4.74 Å². The molecular formula is C19H18F4O4. The van der Waals surface area contributed by atoms with E-state index < -0.39 is 23.9 Å². The molecule has 4 nitrogen and oxygen atoms in total. The Kier molecular flexibility index (Phi) is 6.65. The van der Waals surface area contributed by atoms with Gasteiger partial charge in [0.05, 0.1) is 6.42 Å². The van der Waals surface area contributed by atoms with Crippen molar-refractivity contribution < 1.29 is 36.9 Å². The van der Waals surface area contributed by atoms with Crippen LogP contribution in [-0.4, -0.2) is 17.4 Å². The highest BCUT2D eigenvalue weighted by Gasteiger charge is 2.31. The number of ether oxygens (including phenoxy) is 2. The summed E-state index contributed by atoms with van der Waals surface area (Å²) in [7, 11) is 0. The maximum atomic E-state index is 13.8. The van der Waals surface area contributed by atoms with Gasteiger partial charge in [-0.15, -0.1) is 13.2 Å². The molecule has 0 heterocycles. The van der Waals surface area contributed by atoms with Crippen LogP contribution in [0.25, 0.3) is 0 Å². The molecule has 2 rings (SSSR count). The van der Waals surface area contributed by atoms with Gasteiger partial charge in [-0.2, -0.15) is 0 Å². The van der Waals surface area contributed by atoms with Crippen LogP contribution in [0, 0.1) is 5.82 Å². The highest BCUT2D eigenvalue weighted by atomic mass is 19.4. The monoisotopic (exact) mass is 386 g/mol. The molecule has 8 heteroatoms. The van der Waals surface area contributed by atoms with Gasteiger partial charge < -0.3 is 14.6 Å². The average molecular weight is 386 g/mol. The third-order valence-electron chi connectivity index (χ3n) is 3.91. The van der Waals surface area contributed by atoms with E-state index in [1.165, 1.54) is 0 Å². The van der Waals surface area contributed by atoms with Crippen LogP contribution in [0.2, 0.25) is 0 Å². The predicted octanol–water partition coefficient (Wildman–Crippen LogP) is 5.27. The molecule has 0 bridgehead atoms. The van der Waals surface area contributed by atoms with Crippen molar-refractivity contribution in [3.63, 3.8) is 0 Å². The Morgan fingerprint density at radius 3 is 2.30 bits per heavy atom. The molecule has 0 aromatic heterocycles. The molecule has 0 spiro atoms. The molecule has 0 amide bonds. The van der Waals surface area contributed by atoms with Crippen LogP contribution in [0.4, 0.5) is 17.6 Å². The number of benzene rings is 2. The highest BCUT2D eigenvalue weighted by molar-refractivity contribution is 5.68. The van der Waals surface area contributed by atoms with Crippen LogP contribution in [0.5, 0.6) is 11.5 Å². The summed E-state index contributed by atoms with van der Waals surface area (Å²) in [5.74, 6) is -1.89. The summed E-state index contributed by atoms with van der Waals surface area (Å²) >= 11 is 0. The molecule has 2 aromatic rings. The van der Waals surface area contributed by atoms with Crippen LogP contribution < -0.4 is 9.47 Å². The Bertz CT molecular complexity index is 772. The minimum Gasteiger partial charge on any atom is -0.489 e. The van der Waals surface area contributed by atoms with Crippen LogP contribution >= 0.6 is 0 Å². The second-order valence-corrected chi connectivity index (χ2v) is 5.86. The second-order valence-electron chi connectivity index (χ2n) is 5.86. The lowest BCUT2D eigenvalue weighted by Crippen LogP contribution is -2.17. The Morgan fingerprint density at radius 2 is 1.74 bits per heavy atom. The number of alkyl halides is 3. The fourth-order valence-electron chi connectivity index (χ4n) is 2.56. The maximum Gasteiger partial charge on any atom is 0.573 e. The third-order valence-corrected chi connectivity index (χ3v) is 3.91. The first-order chi connectivity index (χ1) is 12.7. The van der Waals surface area contributed by atoms with E-state index in [1.807, 2.05) is 6.92 Å². The molecule has 0 aliphatic rings. The van der Waals surface area contributed by atoms with Crippen LogP contribution in [-0.2, 0) is 11.4 Å². The summed E-state index contributed by atoms with van der Waals surface area (Å²) in [6.07, 6.45) is -4.20. The molecule has 0 aliphatic carbocycles. The largest absolute Gasteiger partial charge is 0.573 e. The summed E-state index contributed by atoms with van der Waals surface area (Å²) < 4.78 is 59.7. The molecule has 0 radical (unpaired) electrons. The molecular weight excluding hydrogens is 368 g/mol. The Hall–Kier alpha value is -2.77. The van der Waals surface area contributed by atoms with Crippen molar-refractivity contribution in [1.29, 1.82) is 0 Å². The summed E-state index contributed by atoms with van der Waals surface area (Å²) in [6, 6.07) is 9.33. The lowest BCUT2D eigenvalue weighted by molar-refractivity contribution is -0.274. The smallest absolute Gasteiger partial charge is 0.489 e. The normalized spacial score (nSPS) is 12.5. The van der Waals surface area contributed by atoms with Crippen molar-refractivity contribution in [2.45, 2.75) is 38.7 Å². The summed E-state index contributed by atoms with van der Waals surface area (Å²) in [5, 5.41) is 8.92. The zero-order valence-electron chi connectivity index (χ0n) is 14.4. The zero-order chi connectivity index (χ0) is 20.0. The fraction of sp³-hybridized carbons (Fsp3) is 0.316. The maximum absolute atomic E-state index is 13.8. The Labute approximate surface area is 153 Å². The summed E-state index contributed by atoms with van der Waals surface area (Å²) in [6.45, 7) is 1.60. The molecule has 0 fully saturated rings. The van der Waals surface area contributed by atoms with Gasteiger partial charge in [-0.3, -0.25) is 4.79 Å². The Balaban J connectivity index is 2.04. The summed E-state index contributed by atoms with van der Waals surface area (Å²) in [5.41, 5.74) is 0.747. The lowest BCUT2D eigenvalue weighted by Gasteiger charge is -2.14. The van der Waals surface area contributed by atoms with Crippen LogP contribution in [0.3, 0.4) is 0 Å². The van der Waals surface area contributed by atoms with Gasteiger partial charge >= 0.3 is 12.3 Å². The van der Waals surface area contributed by atoms with E-state index in [0.717, 1.165) is 23.8 Å². The molecule has 0 aliphatic heterocycles. The molecule has 1 atom stereocenters. The number of hydrogen-bond donors (Lipinski definition) is 1. The summed E-state index contributed by atoms with van der Waals surface area (Å²) in [4.78, 5) is 10.9. The molecule has 27 heavy (non-hydrogen) atoms. The van der Waals surface area contributed by atoms with Crippen molar-refractivity contribution in [2.24, 2.45) is 0 Å². The highest BCUT2D eigenvalue weighted by Crippen LogP contribution is 2.27. The van der Waals surface area contributed by atoms with E-state index in [0.29, 0.717) is 12.2 Å². The van der Waals surface area contributed by atoms with Gasteiger partial charge in [0, 0.05) is 5.56 Å². The fourth-order valence-corrected chi connectivity index (χ4v) is 2.56. The van der Waals surface area contributed by atoms with Crippen molar-refractivity contribution >= 4 is 5.97 Å². The molecule has 0 saturated carbocycles. The van der Waals surface area contributed by atoms with Crippen molar-refractivity contribution in [3.8, 4) is 11.5 Å². The molecule has 1 N–H and O–H groups in total. The molecule has 0 saturated heterocycles. The van der Waals surface area contributed by atoms with Crippen molar-refractivity contribution in [3.05, 3.63) is 59.4 Å². The predicted molar refractivity (Wildman–Crippen MR) is 89.1 cm³/mol. The third kappa shape index (κ3) is 6.47. The van der Waals surface area contributed by atoms with Crippen LogP contribution in [0.1, 0.15) is 36.8 Å². The standard InChI is InChI=1S/C19H18F4O4/c1-2-12(10-18(24)25)13-3-5-15(6-4-13)26-11-14-9-16(7-8-17(14)20)27-19(21,22)23/h3-9,12H,2,10-11H2,1H3,(H,24,25). The molecule has 1 unspecified atom stereocenters. The molecule has 2 aromatic carbocycles. The van der Waals surface area contributed by atoms with Gasteiger partial charge in [-0.1, -0.05) is 19.1 Å². The topological polar surface area (TPSA) is 55.8 Å². The Morgan fingerprint density at radius 1 is 1.11 bits per heavy atom. The number of hydrogen-bond acceptors (Lipinski definition) is 3. The van der Waals surface area contributed by atoms with E-state index in [9.17, 15) is 22.4 Å². The number of aliphatic carboxylic acids is 1. The number of carbonyl (C=O) groups is 1. The van der Waals surface area contributed by atoms with E-state index in [4.69, 9.17) is 9.84 Å². The van der Waals surface area contributed by atoms with Gasteiger partial charge in [0.2, 0.25) is 0 Å². The van der Waals surface area contributed by atoms with Gasteiger partial charge in [0.1, 0.15) is 23.9 Å². The zero-order valence-corrected chi connectivity index (χ0v) is 14.4. The van der Waals surface area contributed by atoms with Gasteiger partial charge in [0.15, 0.2) is 0 Å².